The summed E-state index contributed by atoms with van der Waals surface area (Å²) in [6.45, 7) is 1.85. The fraction of sp³-hybridized carbons (Fsp3) is 0.222. The third-order valence-electron chi connectivity index (χ3n) is 1.51. The van der Waals surface area contributed by atoms with Crippen molar-refractivity contribution in [3.8, 4) is 5.75 Å². The highest BCUT2D eigenvalue weighted by molar-refractivity contribution is 7.80. The zero-order valence-electron chi connectivity index (χ0n) is 7.21. The van der Waals surface area contributed by atoms with Crippen LogP contribution in [-0.2, 0) is 0 Å². The quantitative estimate of drug-likeness (QED) is 0.754. The zero-order chi connectivity index (χ0) is 9.84. The van der Waals surface area contributed by atoms with Gasteiger partial charge in [0.25, 0.3) is 0 Å². The standard InChI is InChI=1S/C9H10FNOS/c1-6-4-7(2-3-8(6)10)12-5-9(11)13/h2-4H,5H2,1H3,(H2,11,13). The lowest BCUT2D eigenvalue weighted by Crippen LogP contribution is -2.17. The summed E-state index contributed by atoms with van der Waals surface area (Å²) in [6.07, 6.45) is 0. The van der Waals surface area contributed by atoms with Gasteiger partial charge in [0.2, 0.25) is 0 Å². The molecule has 4 heteroatoms. The zero-order valence-corrected chi connectivity index (χ0v) is 8.03. The van der Waals surface area contributed by atoms with E-state index in [1.807, 2.05) is 0 Å². The monoisotopic (exact) mass is 199 g/mol. The van der Waals surface area contributed by atoms with Crippen molar-refractivity contribution >= 4 is 17.2 Å². The molecule has 0 spiro atoms. The van der Waals surface area contributed by atoms with Gasteiger partial charge in [0.05, 0.1) is 0 Å². The van der Waals surface area contributed by atoms with Gasteiger partial charge in [-0.05, 0) is 30.7 Å². The minimum atomic E-state index is -0.248. The van der Waals surface area contributed by atoms with Gasteiger partial charge >= 0.3 is 0 Å². The lowest BCUT2D eigenvalue weighted by molar-refractivity contribution is 0.376. The average Bonchev–Trinajstić information content (AvgIpc) is 2.07. The number of hydrogen-bond donors (Lipinski definition) is 1. The van der Waals surface area contributed by atoms with Crippen molar-refractivity contribution in [3.05, 3.63) is 29.6 Å². The van der Waals surface area contributed by atoms with E-state index in [9.17, 15) is 4.39 Å². The number of aryl methyl sites for hydroxylation is 1. The van der Waals surface area contributed by atoms with Crippen molar-refractivity contribution in [2.24, 2.45) is 5.73 Å². The number of thiocarbonyl (C=S) groups is 1. The van der Waals surface area contributed by atoms with E-state index >= 15 is 0 Å². The maximum absolute atomic E-state index is 12.8. The van der Waals surface area contributed by atoms with Crippen LogP contribution in [0.1, 0.15) is 5.56 Å². The first-order chi connectivity index (χ1) is 6.09. The van der Waals surface area contributed by atoms with Crippen molar-refractivity contribution in [1.29, 1.82) is 0 Å². The number of rotatable bonds is 3. The van der Waals surface area contributed by atoms with E-state index in [-0.39, 0.29) is 17.4 Å². The minimum Gasteiger partial charge on any atom is -0.486 e. The predicted molar refractivity (Wildman–Crippen MR) is 53.4 cm³/mol. The van der Waals surface area contributed by atoms with Crippen molar-refractivity contribution < 1.29 is 9.13 Å². The molecule has 0 aliphatic heterocycles. The smallest absolute Gasteiger partial charge is 0.138 e. The third-order valence-corrected chi connectivity index (χ3v) is 1.63. The molecule has 0 bridgehead atoms. The summed E-state index contributed by atoms with van der Waals surface area (Å²) in [5, 5.41) is 0. The normalized spacial score (nSPS) is 9.69. The fourth-order valence-corrected chi connectivity index (χ4v) is 0.920. The average molecular weight is 199 g/mol. The molecule has 0 aliphatic rings. The summed E-state index contributed by atoms with van der Waals surface area (Å²) in [4.78, 5) is 0.280. The molecule has 0 unspecified atom stereocenters. The molecule has 70 valence electrons. The first kappa shape index (κ1) is 9.92. The molecule has 0 saturated heterocycles. The molecular formula is C9H10FNOS. The molecule has 0 atom stereocenters. The Morgan fingerprint density at radius 1 is 1.62 bits per heavy atom. The first-order valence-corrected chi connectivity index (χ1v) is 4.17. The molecule has 0 radical (unpaired) electrons. The van der Waals surface area contributed by atoms with Gasteiger partial charge in [-0.3, -0.25) is 0 Å². The molecule has 0 heterocycles. The van der Waals surface area contributed by atoms with Gasteiger partial charge in [-0.1, -0.05) is 12.2 Å². The number of benzene rings is 1. The van der Waals surface area contributed by atoms with Crippen LogP contribution in [0.2, 0.25) is 0 Å². The SMILES string of the molecule is Cc1cc(OCC(N)=S)ccc1F. The molecule has 1 rings (SSSR count). The summed E-state index contributed by atoms with van der Waals surface area (Å²) in [6, 6.07) is 4.50. The van der Waals surface area contributed by atoms with Crippen LogP contribution in [-0.4, -0.2) is 11.6 Å². The van der Waals surface area contributed by atoms with Gasteiger partial charge in [0.1, 0.15) is 23.2 Å². The lowest BCUT2D eigenvalue weighted by Gasteiger charge is -2.05. The van der Waals surface area contributed by atoms with Crippen LogP contribution in [0.15, 0.2) is 18.2 Å². The topological polar surface area (TPSA) is 35.2 Å². The molecule has 0 aliphatic carbocycles. The van der Waals surface area contributed by atoms with Crippen LogP contribution in [0.3, 0.4) is 0 Å². The van der Waals surface area contributed by atoms with Gasteiger partial charge < -0.3 is 10.5 Å². The third kappa shape index (κ3) is 2.99. The van der Waals surface area contributed by atoms with Crippen LogP contribution in [0.4, 0.5) is 4.39 Å². The lowest BCUT2D eigenvalue weighted by atomic mass is 10.2. The molecule has 0 aromatic heterocycles. The molecule has 1 aromatic rings. The summed E-state index contributed by atoms with van der Waals surface area (Å²) >= 11 is 4.63. The van der Waals surface area contributed by atoms with Crippen LogP contribution in [0.5, 0.6) is 5.75 Å². The second-order valence-electron chi connectivity index (χ2n) is 2.67. The maximum Gasteiger partial charge on any atom is 0.138 e. The Labute approximate surface area is 81.5 Å². The molecule has 0 amide bonds. The Balaban J connectivity index is 2.68. The highest BCUT2D eigenvalue weighted by Gasteiger charge is 1.99. The van der Waals surface area contributed by atoms with E-state index in [1.54, 1.807) is 19.1 Å². The predicted octanol–water partition coefficient (Wildman–Crippen LogP) is 1.80. The van der Waals surface area contributed by atoms with Gasteiger partial charge in [0.15, 0.2) is 0 Å². The number of halogens is 1. The van der Waals surface area contributed by atoms with Crippen molar-refractivity contribution in [2.45, 2.75) is 6.92 Å². The molecule has 1 aromatic carbocycles. The van der Waals surface area contributed by atoms with Crippen molar-refractivity contribution in [1.82, 2.24) is 0 Å². The molecule has 2 N–H and O–H groups in total. The van der Waals surface area contributed by atoms with Crippen LogP contribution in [0.25, 0.3) is 0 Å². The van der Waals surface area contributed by atoms with E-state index < -0.39 is 0 Å². The Morgan fingerprint density at radius 2 is 2.31 bits per heavy atom. The number of ether oxygens (including phenoxy) is 1. The molecule has 0 fully saturated rings. The number of hydrogen-bond acceptors (Lipinski definition) is 2. The molecule has 13 heavy (non-hydrogen) atoms. The van der Waals surface area contributed by atoms with E-state index in [0.717, 1.165) is 0 Å². The maximum atomic E-state index is 12.8. The summed E-state index contributed by atoms with van der Waals surface area (Å²) in [5.74, 6) is 0.328. The molecular weight excluding hydrogens is 189 g/mol. The van der Waals surface area contributed by atoms with Gasteiger partial charge in [-0.15, -0.1) is 0 Å². The van der Waals surface area contributed by atoms with E-state index in [1.165, 1.54) is 6.07 Å². The van der Waals surface area contributed by atoms with E-state index in [4.69, 9.17) is 10.5 Å². The first-order valence-electron chi connectivity index (χ1n) is 3.77. The van der Waals surface area contributed by atoms with Crippen molar-refractivity contribution in [2.75, 3.05) is 6.61 Å². The largest absolute Gasteiger partial charge is 0.486 e. The van der Waals surface area contributed by atoms with Gasteiger partial charge in [-0.2, -0.15) is 0 Å². The summed E-state index contributed by atoms with van der Waals surface area (Å²) in [5.41, 5.74) is 5.78. The summed E-state index contributed by atoms with van der Waals surface area (Å²) in [7, 11) is 0. The van der Waals surface area contributed by atoms with Crippen molar-refractivity contribution in [3.63, 3.8) is 0 Å². The Morgan fingerprint density at radius 3 is 2.85 bits per heavy atom. The number of nitrogens with two attached hydrogens (primary N) is 1. The van der Waals surface area contributed by atoms with E-state index in [0.29, 0.717) is 11.3 Å². The molecule has 2 nitrogen and oxygen atoms in total. The highest BCUT2D eigenvalue weighted by Crippen LogP contribution is 2.15. The fourth-order valence-electron chi connectivity index (χ4n) is 0.861. The van der Waals surface area contributed by atoms with Crippen LogP contribution < -0.4 is 10.5 Å². The Bertz CT molecular complexity index is 327. The second kappa shape index (κ2) is 4.18. The highest BCUT2D eigenvalue weighted by atomic mass is 32.1. The van der Waals surface area contributed by atoms with Crippen LogP contribution in [0, 0.1) is 12.7 Å². The van der Waals surface area contributed by atoms with Crippen LogP contribution >= 0.6 is 12.2 Å². The van der Waals surface area contributed by atoms with Gasteiger partial charge in [0, 0.05) is 0 Å². The second-order valence-corrected chi connectivity index (χ2v) is 3.19. The Kier molecular flexibility index (Phi) is 3.19. The van der Waals surface area contributed by atoms with Gasteiger partial charge in [-0.25, -0.2) is 4.39 Å². The Hall–Kier alpha value is -1.16. The van der Waals surface area contributed by atoms with E-state index in [2.05, 4.69) is 12.2 Å². The summed E-state index contributed by atoms with van der Waals surface area (Å²) < 4.78 is 18.0. The molecule has 0 saturated carbocycles. The minimum absolute atomic E-state index is 0.181.